The smallest absolute Gasteiger partial charge is 0.0707 e. The molecule has 0 aliphatic carbocycles. The van der Waals surface area contributed by atoms with Crippen LogP contribution in [0.4, 0.5) is 0 Å². The Morgan fingerprint density at radius 1 is 1.45 bits per heavy atom. The van der Waals surface area contributed by atoms with Gasteiger partial charge in [-0.3, -0.25) is 11.2 Å². The molecule has 0 aromatic rings. The number of hydrogen-bond donors (Lipinski definition) is 3. The first-order valence-electron chi connectivity index (χ1n) is 4.10. The lowest BCUT2D eigenvalue weighted by molar-refractivity contribution is 0.418. The molecule has 0 aliphatic rings. The van der Waals surface area contributed by atoms with Crippen LogP contribution in [0.25, 0.3) is 0 Å². The molecule has 68 valence electrons. The Balaban J connectivity index is 3.20. The fourth-order valence-corrected chi connectivity index (χ4v) is 1.47. The summed E-state index contributed by atoms with van der Waals surface area (Å²) < 4.78 is 0.943. The minimum atomic E-state index is 0.290. The summed E-state index contributed by atoms with van der Waals surface area (Å²) in [5.41, 5.74) is 2.75. The van der Waals surface area contributed by atoms with Crippen molar-refractivity contribution in [2.24, 2.45) is 5.84 Å². The van der Waals surface area contributed by atoms with Gasteiger partial charge in [-0.15, -0.1) is 0 Å². The first kappa shape index (κ1) is 11.6. The summed E-state index contributed by atoms with van der Waals surface area (Å²) >= 11 is 2.28. The van der Waals surface area contributed by atoms with Gasteiger partial charge in [0.1, 0.15) is 0 Å². The molecule has 0 heterocycles. The molecule has 11 heavy (non-hydrogen) atoms. The van der Waals surface area contributed by atoms with E-state index in [1.54, 1.807) is 0 Å². The van der Waals surface area contributed by atoms with E-state index in [4.69, 9.17) is 5.84 Å². The maximum absolute atomic E-state index is 5.33. The maximum Gasteiger partial charge on any atom is 0.0707 e. The third kappa shape index (κ3) is 6.99. The summed E-state index contributed by atoms with van der Waals surface area (Å²) in [6.07, 6.45) is 5.21. The average molecular weight is 271 g/mol. The second-order valence-corrected chi connectivity index (χ2v) is 3.32. The molecule has 0 spiro atoms. The average Bonchev–Trinajstić information content (AvgIpc) is 2.03. The van der Waals surface area contributed by atoms with Gasteiger partial charge in [-0.1, -0.05) is 48.8 Å². The normalized spacial score (nSPS) is 13.4. The number of hydrogen-bond acceptors (Lipinski definition) is 3. The minimum absolute atomic E-state index is 0.290. The highest BCUT2D eigenvalue weighted by molar-refractivity contribution is 14.1. The standard InChI is InChI=1S/C7H18IN3/c1-2-3-4-5-7(11-9)10-6-8/h7,10-11H,2-6,9H2,1H3. The minimum Gasteiger partial charge on any atom is -0.292 e. The fraction of sp³-hybridized carbons (Fsp3) is 1.00. The molecule has 0 fully saturated rings. The van der Waals surface area contributed by atoms with Crippen LogP contribution in [0.5, 0.6) is 0 Å². The lowest BCUT2D eigenvalue weighted by atomic mass is 10.2. The number of alkyl halides is 1. The molecule has 4 heteroatoms. The van der Waals surface area contributed by atoms with E-state index < -0.39 is 0 Å². The predicted molar refractivity (Wildman–Crippen MR) is 57.3 cm³/mol. The number of nitrogens with two attached hydrogens (primary N) is 1. The molecule has 0 aromatic heterocycles. The Kier molecular flexibility index (Phi) is 9.19. The van der Waals surface area contributed by atoms with Crippen LogP contribution in [-0.2, 0) is 0 Å². The highest BCUT2D eigenvalue weighted by Crippen LogP contribution is 2.00. The molecule has 0 saturated carbocycles. The zero-order chi connectivity index (χ0) is 8.53. The van der Waals surface area contributed by atoms with E-state index in [2.05, 4.69) is 40.3 Å². The van der Waals surface area contributed by atoms with Crippen LogP contribution in [0.1, 0.15) is 32.6 Å². The van der Waals surface area contributed by atoms with Crippen molar-refractivity contribution in [2.45, 2.75) is 38.8 Å². The van der Waals surface area contributed by atoms with Crippen LogP contribution < -0.4 is 16.6 Å². The number of rotatable bonds is 7. The second-order valence-electron chi connectivity index (χ2n) is 2.55. The lowest BCUT2D eigenvalue weighted by Gasteiger charge is -2.15. The topological polar surface area (TPSA) is 50.1 Å². The van der Waals surface area contributed by atoms with E-state index >= 15 is 0 Å². The summed E-state index contributed by atoms with van der Waals surface area (Å²) in [7, 11) is 0. The van der Waals surface area contributed by atoms with Gasteiger partial charge in [0, 0.05) is 4.55 Å². The van der Waals surface area contributed by atoms with Crippen molar-refractivity contribution >= 4 is 22.6 Å². The first-order chi connectivity index (χ1) is 5.35. The Morgan fingerprint density at radius 3 is 2.64 bits per heavy atom. The van der Waals surface area contributed by atoms with Crippen LogP contribution in [0.15, 0.2) is 0 Å². The number of halogens is 1. The van der Waals surface area contributed by atoms with Crippen molar-refractivity contribution in [2.75, 3.05) is 4.55 Å². The van der Waals surface area contributed by atoms with E-state index in [0.717, 1.165) is 11.0 Å². The van der Waals surface area contributed by atoms with Crippen LogP contribution in [0.2, 0.25) is 0 Å². The molecule has 0 bridgehead atoms. The largest absolute Gasteiger partial charge is 0.292 e. The Morgan fingerprint density at radius 2 is 2.18 bits per heavy atom. The van der Waals surface area contributed by atoms with Crippen LogP contribution in [-0.4, -0.2) is 10.7 Å². The molecular weight excluding hydrogens is 253 g/mol. The van der Waals surface area contributed by atoms with Gasteiger partial charge in [0.05, 0.1) is 6.17 Å². The number of hydrazine groups is 1. The predicted octanol–water partition coefficient (Wildman–Crippen LogP) is 1.34. The van der Waals surface area contributed by atoms with Crippen LogP contribution in [0.3, 0.4) is 0 Å². The maximum atomic E-state index is 5.33. The Bertz CT molecular complexity index is 80.1. The Hall–Kier alpha value is 0.610. The van der Waals surface area contributed by atoms with Crippen LogP contribution in [0, 0.1) is 0 Å². The van der Waals surface area contributed by atoms with E-state index in [0.29, 0.717) is 6.17 Å². The molecule has 0 amide bonds. The van der Waals surface area contributed by atoms with Gasteiger partial charge in [0.15, 0.2) is 0 Å². The van der Waals surface area contributed by atoms with Gasteiger partial charge >= 0.3 is 0 Å². The number of unbranched alkanes of at least 4 members (excludes halogenated alkanes) is 2. The molecule has 0 aromatic carbocycles. The van der Waals surface area contributed by atoms with Crippen molar-refractivity contribution in [3.8, 4) is 0 Å². The zero-order valence-electron chi connectivity index (χ0n) is 7.07. The van der Waals surface area contributed by atoms with E-state index in [9.17, 15) is 0 Å². The highest BCUT2D eigenvalue weighted by atomic mass is 127. The van der Waals surface area contributed by atoms with E-state index in [1.165, 1.54) is 19.3 Å². The van der Waals surface area contributed by atoms with Gasteiger partial charge in [0.25, 0.3) is 0 Å². The van der Waals surface area contributed by atoms with Crippen molar-refractivity contribution in [1.29, 1.82) is 0 Å². The van der Waals surface area contributed by atoms with Crippen molar-refractivity contribution in [3.63, 3.8) is 0 Å². The van der Waals surface area contributed by atoms with Gasteiger partial charge in [0.2, 0.25) is 0 Å². The zero-order valence-corrected chi connectivity index (χ0v) is 9.23. The third-order valence-electron chi connectivity index (χ3n) is 1.62. The monoisotopic (exact) mass is 271 g/mol. The van der Waals surface area contributed by atoms with E-state index in [1.807, 2.05) is 0 Å². The second kappa shape index (κ2) is 8.70. The van der Waals surface area contributed by atoms with Crippen molar-refractivity contribution < 1.29 is 0 Å². The summed E-state index contributed by atoms with van der Waals surface area (Å²) in [6.45, 7) is 2.20. The molecule has 0 rings (SSSR count). The summed E-state index contributed by atoms with van der Waals surface area (Å²) in [6, 6.07) is 0. The third-order valence-corrected chi connectivity index (χ3v) is 2.06. The summed E-state index contributed by atoms with van der Waals surface area (Å²) in [4.78, 5) is 0. The highest BCUT2D eigenvalue weighted by Gasteiger charge is 2.01. The Labute approximate surface area is 82.6 Å². The van der Waals surface area contributed by atoms with Gasteiger partial charge in [-0.25, -0.2) is 5.43 Å². The molecule has 1 unspecified atom stereocenters. The summed E-state index contributed by atoms with van der Waals surface area (Å²) in [5, 5.41) is 3.24. The number of nitrogens with one attached hydrogen (secondary N) is 2. The van der Waals surface area contributed by atoms with Gasteiger partial charge < -0.3 is 0 Å². The van der Waals surface area contributed by atoms with Crippen molar-refractivity contribution in [1.82, 2.24) is 10.7 Å². The molecule has 1 atom stereocenters. The SMILES string of the molecule is CCCCCC(NN)NCI. The first-order valence-corrected chi connectivity index (χ1v) is 5.63. The molecule has 0 radical (unpaired) electrons. The fourth-order valence-electron chi connectivity index (χ4n) is 0.936. The van der Waals surface area contributed by atoms with Gasteiger partial charge in [-0.2, -0.15) is 0 Å². The molecule has 4 N–H and O–H groups in total. The molecule has 3 nitrogen and oxygen atoms in total. The molecular formula is C7H18IN3. The quantitative estimate of drug-likeness (QED) is 0.125. The van der Waals surface area contributed by atoms with E-state index in [-0.39, 0.29) is 0 Å². The lowest BCUT2D eigenvalue weighted by Crippen LogP contribution is -2.45. The van der Waals surface area contributed by atoms with Gasteiger partial charge in [-0.05, 0) is 6.42 Å². The van der Waals surface area contributed by atoms with Crippen molar-refractivity contribution in [3.05, 3.63) is 0 Å². The molecule has 0 saturated heterocycles. The summed E-state index contributed by atoms with van der Waals surface area (Å²) in [5.74, 6) is 5.33. The van der Waals surface area contributed by atoms with Crippen LogP contribution >= 0.6 is 22.6 Å². The molecule has 0 aliphatic heterocycles.